The molecule has 0 bridgehead atoms. The summed E-state index contributed by atoms with van der Waals surface area (Å²) in [4.78, 5) is 4.28. The standard InChI is InChI=1S/C17H19NO2/c1-17(2,3)13-8-9-16(20)14(10-13)18-11-12-6-4-5-7-15(12)19/h4-11,19-20H,1-3H3. The van der Waals surface area contributed by atoms with Gasteiger partial charge in [0.2, 0.25) is 0 Å². The lowest BCUT2D eigenvalue weighted by atomic mass is 9.87. The summed E-state index contributed by atoms with van der Waals surface area (Å²) >= 11 is 0. The van der Waals surface area contributed by atoms with Gasteiger partial charge in [-0.3, -0.25) is 4.99 Å². The second-order valence-electron chi connectivity index (χ2n) is 5.77. The van der Waals surface area contributed by atoms with Crippen LogP contribution in [0.5, 0.6) is 11.5 Å². The molecule has 3 heteroatoms. The first kappa shape index (κ1) is 14.1. The molecule has 104 valence electrons. The van der Waals surface area contributed by atoms with Gasteiger partial charge in [0.05, 0.1) is 0 Å². The highest BCUT2D eigenvalue weighted by atomic mass is 16.3. The molecule has 0 aliphatic heterocycles. The van der Waals surface area contributed by atoms with Crippen LogP contribution in [-0.2, 0) is 5.41 Å². The van der Waals surface area contributed by atoms with Crippen LogP contribution < -0.4 is 0 Å². The van der Waals surface area contributed by atoms with E-state index in [2.05, 4.69) is 25.8 Å². The summed E-state index contributed by atoms with van der Waals surface area (Å²) in [6.07, 6.45) is 1.55. The Kier molecular flexibility index (Phi) is 3.79. The van der Waals surface area contributed by atoms with E-state index in [1.807, 2.05) is 18.2 Å². The second-order valence-corrected chi connectivity index (χ2v) is 5.77. The van der Waals surface area contributed by atoms with E-state index in [1.165, 1.54) is 0 Å². The van der Waals surface area contributed by atoms with Gasteiger partial charge in [0.25, 0.3) is 0 Å². The number of para-hydroxylation sites is 1. The highest BCUT2D eigenvalue weighted by Crippen LogP contribution is 2.32. The third kappa shape index (κ3) is 3.18. The lowest BCUT2D eigenvalue weighted by molar-refractivity contribution is 0.473. The molecular weight excluding hydrogens is 250 g/mol. The molecule has 0 atom stereocenters. The number of hydrogen-bond donors (Lipinski definition) is 2. The number of hydrogen-bond acceptors (Lipinski definition) is 3. The van der Waals surface area contributed by atoms with Crippen molar-refractivity contribution in [2.45, 2.75) is 26.2 Å². The molecule has 2 rings (SSSR count). The van der Waals surface area contributed by atoms with Crippen molar-refractivity contribution >= 4 is 11.9 Å². The molecule has 0 aliphatic carbocycles. The number of aliphatic imine (C=N–C) groups is 1. The van der Waals surface area contributed by atoms with Crippen molar-refractivity contribution in [3.05, 3.63) is 53.6 Å². The van der Waals surface area contributed by atoms with Crippen molar-refractivity contribution < 1.29 is 10.2 Å². The number of phenolic OH excluding ortho intramolecular Hbond substituents is 2. The summed E-state index contributed by atoms with van der Waals surface area (Å²) in [5.74, 6) is 0.299. The van der Waals surface area contributed by atoms with Gasteiger partial charge in [-0.1, -0.05) is 39.0 Å². The maximum Gasteiger partial charge on any atom is 0.141 e. The predicted octanol–water partition coefficient (Wildman–Crippen LogP) is 4.15. The average molecular weight is 269 g/mol. The first-order chi connectivity index (χ1) is 9.38. The minimum atomic E-state index is -0.00709. The summed E-state index contributed by atoms with van der Waals surface area (Å²) in [6.45, 7) is 6.32. The number of aromatic hydroxyl groups is 2. The molecule has 0 saturated carbocycles. The van der Waals surface area contributed by atoms with E-state index in [4.69, 9.17) is 0 Å². The van der Waals surface area contributed by atoms with Crippen LogP contribution in [0.15, 0.2) is 47.5 Å². The van der Waals surface area contributed by atoms with E-state index >= 15 is 0 Å². The van der Waals surface area contributed by atoms with E-state index < -0.39 is 0 Å². The molecule has 0 spiro atoms. The molecule has 0 aromatic heterocycles. The van der Waals surface area contributed by atoms with Crippen LogP contribution in [0.4, 0.5) is 5.69 Å². The predicted molar refractivity (Wildman–Crippen MR) is 82.2 cm³/mol. The summed E-state index contributed by atoms with van der Waals surface area (Å²) in [7, 11) is 0. The fraction of sp³-hybridized carbons (Fsp3) is 0.235. The maximum atomic E-state index is 9.87. The Labute approximate surface area is 119 Å². The number of benzene rings is 2. The topological polar surface area (TPSA) is 52.8 Å². The monoisotopic (exact) mass is 269 g/mol. The molecule has 0 aliphatic rings. The van der Waals surface area contributed by atoms with Crippen molar-refractivity contribution in [1.82, 2.24) is 0 Å². The molecule has 0 heterocycles. The van der Waals surface area contributed by atoms with Crippen molar-refractivity contribution in [1.29, 1.82) is 0 Å². The third-order valence-electron chi connectivity index (χ3n) is 3.12. The van der Waals surface area contributed by atoms with E-state index in [1.54, 1.807) is 30.5 Å². The quantitative estimate of drug-likeness (QED) is 0.805. The summed E-state index contributed by atoms with van der Waals surface area (Å²) < 4.78 is 0. The van der Waals surface area contributed by atoms with Crippen molar-refractivity contribution in [3.8, 4) is 11.5 Å². The minimum Gasteiger partial charge on any atom is -0.507 e. The first-order valence-electron chi connectivity index (χ1n) is 6.53. The van der Waals surface area contributed by atoms with Gasteiger partial charge in [0.15, 0.2) is 0 Å². The Hall–Kier alpha value is -2.29. The van der Waals surface area contributed by atoms with Gasteiger partial charge in [-0.15, -0.1) is 0 Å². The smallest absolute Gasteiger partial charge is 0.141 e. The summed E-state index contributed by atoms with van der Waals surface area (Å²) in [6, 6.07) is 12.4. The van der Waals surface area contributed by atoms with Gasteiger partial charge < -0.3 is 10.2 Å². The molecule has 0 amide bonds. The third-order valence-corrected chi connectivity index (χ3v) is 3.12. The van der Waals surface area contributed by atoms with Gasteiger partial charge in [-0.25, -0.2) is 0 Å². The van der Waals surface area contributed by atoms with Crippen LogP contribution in [0.3, 0.4) is 0 Å². The Morgan fingerprint density at radius 2 is 1.65 bits per heavy atom. The van der Waals surface area contributed by atoms with E-state index in [0.29, 0.717) is 11.3 Å². The van der Waals surface area contributed by atoms with E-state index in [-0.39, 0.29) is 16.9 Å². The van der Waals surface area contributed by atoms with Crippen LogP contribution in [0.2, 0.25) is 0 Å². The van der Waals surface area contributed by atoms with Gasteiger partial charge in [-0.05, 0) is 35.2 Å². The lowest BCUT2D eigenvalue weighted by Crippen LogP contribution is -2.10. The van der Waals surface area contributed by atoms with Crippen molar-refractivity contribution in [3.63, 3.8) is 0 Å². The maximum absolute atomic E-state index is 9.87. The Morgan fingerprint density at radius 1 is 0.950 bits per heavy atom. The van der Waals surface area contributed by atoms with Crippen molar-refractivity contribution in [2.75, 3.05) is 0 Å². The minimum absolute atomic E-state index is 0.00709. The number of phenols is 2. The largest absolute Gasteiger partial charge is 0.507 e. The molecule has 0 fully saturated rings. The molecule has 2 aromatic rings. The van der Waals surface area contributed by atoms with Gasteiger partial charge in [-0.2, -0.15) is 0 Å². The fourth-order valence-corrected chi connectivity index (χ4v) is 1.83. The summed E-state index contributed by atoms with van der Waals surface area (Å²) in [5.41, 5.74) is 2.21. The molecule has 3 nitrogen and oxygen atoms in total. The zero-order valence-electron chi connectivity index (χ0n) is 12.0. The molecule has 2 N–H and O–H groups in total. The van der Waals surface area contributed by atoms with Crippen LogP contribution in [-0.4, -0.2) is 16.4 Å². The average Bonchev–Trinajstić information content (AvgIpc) is 2.38. The van der Waals surface area contributed by atoms with Crippen LogP contribution >= 0.6 is 0 Å². The van der Waals surface area contributed by atoms with Gasteiger partial charge in [0.1, 0.15) is 17.2 Å². The van der Waals surface area contributed by atoms with Crippen molar-refractivity contribution in [2.24, 2.45) is 4.99 Å². The molecule has 20 heavy (non-hydrogen) atoms. The molecule has 0 unspecified atom stereocenters. The fourth-order valence-electron chi connectivity index (χ4n) is 1.83. The van der Waals surface area contributed by atoms with Gasteiger partial charge in [0, 0.05) is 11.8 Å². The molecule has 0 radical (unpaired) electrons. The zero-order valence-corrected chi connectivity index (χ0v) is 12.0. The van der Waals surface area contributed by atoms with Crippen LogP contribution in [0.1, 0.15) is 31.9 Å². The highest BCUT2D eigenvalue weighted by Gasteiger charge is 2.15. The SMILES string of the molecule is CC(C)(C)c1ccc(O)c(N=Cc2ccccc2O)c1. The summed E-state index contributed by atoms with van der Waals surface area (Å²) in [5, 5.41) is 19.6. The lowest BCUT2D eigenvalue weighted by Gasteiger charge is -2.19. The molecule has 0 saturated heterocycles. The Morgan fingerprint density at radius 3 is 2.30 bits per heavy atom. The normalized spacial score (nSPS) is 11.9. The second kappa shape index (κ2) is 5.37. The Bertz CT molecular complexity index is 640. The number of rotatable bonds is 2. The number of nitrogens with zero attached hydrogens (tertiary/aromatic N) is 1. The van der Waals surface area contributed by atoms with Gasteiger partial charge >= 0.3 is 0 Å². The van der Waals surface area contributed by atoms with Crippen LogP contribution in [0.25, 0.3) is 0 Å². The first-order valence-corrected chi connectivity index (χ1v) is 6.53. The molecular formula is C17H19NO2. The van der Waals surface area contributed by atoms with Crippen LogP contribution in [0, 0.1) is 0 Å². The highest BCUT2D eigenvalue weighted by molar-refractivity contribution is 5.85. The molecule has 2 aromatic carbocycles. The van der Waals surface area contributed by atoms with E-state index in [0.717, 1.165) is 5.56 Å². The zero-order chi connectivity index (χ0) is 14.8. The Balaban J connectivity index is 2.36. The van der Waals surface area contributed by atoms with E-state index in [9.17, 15) is 10.2 Å².